The molecule has 0 aliphatic heterocycles. The summed E-state index contributed by atoms with van der Waals surface area (Å²) in [5, 5.41) is 12.7. The molecule has 0 spiro atoms. The quantitative estimate of drug-likeness (QED) is 0.492. The van der Waals surface area contributed by atoms with Gasteiger partial charge >= 0.3 is 0 Å². The van der Waals surface area contributed by atoms with E-state index in [9.17, 15) is 18.5 Å². The van der Waals surface area contributed by atoms with Crippen LogP contribution in [-0.4, -0.2) is 35.0 Å². The third kappa shape index (κ3) is 5.66. The van der Waals surface area contributed by atoms with Gasteiger partial charge in [0.1, 0.15) is 11.1 Å². The van der Waals surface area contributed by atoms with Gasteiger partial charge in [-0.15, -0.1) is 0 Å². The van der Waals surface area contributed by atoms with Crippen LogP contribution in [0.2, 0.25) is 0 Å². The molecule has 0 atom stereocenters. The fourth-order valence-corrected chi connectivity index (χ4v) is 5.12. The molecule has 0 unspecified atom stereocenters. The van der Waals surface area contributed by atoms with Gasteiger partial charge in [-0.25, -0.2) is 28.1 Å². The number of nitriles is 1. The number of aryl methyl sites for hydroxylation is 2. The molecule has 1 aliphatic rings. The van der Waals surface area contributed by atoms with E-state index in [1.54, 1.807) is 6.07 Å². The van der Waals surface area contributed by atoms with Crippen LogP contribution in [0.4, 0.5) is 11.6 Å². The number of carbonyl (C=O) groups is 1. The summed E-state index contributed by atoms with van der Waals surface area (Å²) in [5.74, 6) is -0.234. The Kier molecular flexibility index (Phi) is 6.86. The number of hydrogen-bond donors (Lipinski definition) is 2. The molecule has 2 heterocycles. The summed E-state index contributed by atoms with van der Waals surface area (Å²) in [6.45, 7) is 0. The Labute approximate surface area is 195 Å². The number of rotatable bonds is 7. The highest BCUT2D eigenvalue weighted by molar-refractivity contribution is 8.00. The smallest absolute Gasteiger partial charge is 0.264 e. The molecule has 1 aromatic carbocycles. The molecule has 1 amide bonds. The number of anilines is 2. The van der Waals surface area contributed by atoms with Crippen molar-refractivity contribution >= 4 is 39.3 Å². The normalized spacial score (nSPS) is 12.9. The molecule has 4 rings (SSSR count). The lowest BCUT2D eigenvalue weighted by molar-refractivity contribution is -0.113. The molecular formula is C22H20N6O3S2. The van der Waals surface area contributed by atoms with Crippen LogP contribution in [0.1, 0.15) is 29.7 Å². The third-order valence-corrected chi connectivity index (χ3v) is 7.30. The Morgan fingerprint density at radius 1 is 1.12 bits per heavy atom. The molecule has 11 heteroatoms. The van der Waals surface area contributed by atoms with Gasteiger partial charge in [0.15, 0.2) is 0 Å². The molecule has 1 aliphatic carbocycles. The highest BCUT2D eigenvalue weighted by atomic mass is 32.2. The first-order valence-electron chi connectivity index (χ1n) is 10.2. The van der Waals surface area contributed by atoms with Gasteiger partial charge < -0.3 is 5.32 Å². The van der Waals surface area contributed by atoms with Crippen LogP contribution in [0.15, 0.2) is 58.7 Å². The number of pyridine rings is 1. The van der Waals surface area contributed by atoms with Gasteiger partial charge in [-0.05, 0) is 67.6 Å². The van der Waals surface area contributed by atoms with Crippen molar-refractivity contribution in [1.29, 1.82) is 5.26 Å². The minimum Gasteiger partial charge on any atom is -0.325 e. The molecule has 0 saturated carbocycles. The predicted octanol–water partition coefficient (Wildman–Crippen LogP) is 3.15. The van der Waals surface area contributed by atoms with Crippen molar-refractivity contribution < 1.29 is 13.2 Å². The number of benzene rings is 1. The van der Waals surface area contributed by atoms with Gasteiger partial charge in [0, 0.05) is 23.8 Å². The first-order valence-corrected chi connectivity index (χ1v) is 12.7. The number of sulfonamides is 1. The zero-order valence-electron chi connectivity index (χ0n) is 17.5. The van der Waals surface area contributed by atoms with Gasteiger partial charge in [0.2, 0.25) is 11.9 Å². The summed E-state index contributed by atoms with van der Waals surface area (Å²) in [6, 6.07) is 11.4. The number of aromatic nitrogens is 3. The Bertz CT molecular complexity index is 1310. The monoisotopic (exact) mass is 480 g/mol. The Morgan fingerprint density at radius 3 is 2.58 bits per heavy atom. The standard InChI is InChI=1S/C22H20N6O3S2/c23-13-16-12-15-4-1-2-5-19(15)27-21(16)32-14-20(29)26-17-6-8-18(9-7-17)33(30,31)28-22-24-10-3-11-25-22/h3,6-12H,1-2,4-5,14H2,(H,26,29)(H,24,25,28). The van der Waals surface area contributed by atoms with Crippen molar-refractivity contribution in [1.82, 2.24) is 15.0 Å². The van der Waals surface area contributed by atoms with Crippen molar-refractivity contribution in [2.45, 2.75) is 35.6 Å². The van der Waals surface area contributed by atoms with Crippen LogP contribution in [-0.2, 0) is 27.7 Å². The van der Waals surface area contributed by atoms with Gasteiger partial charge in [0.25, 0.3) is 10.0 Å². The maximum atomic E-state index is 12.4. The second-order valence-corrected chi connectivity index (χ2v) is 9.95. The van der Waals surface area contributed by atoms with Gasteiger partial charge in [-0.3, -0.25) is 4.79 Å². The number of carbonyl (C=O) groups excluding carboxylic acids is 1. The van der Waals surface area contributed by atoms with Crippen molar-refractivity contribution in [2.75, 3.05) is 15.8 Å². The van der Waals surface area contributed by atoms with Crippen molar-refractivity contribution in [3.8, 4) is 6.07 Å². The molecule has 33 heavy (non-hydrogen) atoms. The van der Waals surface area contributed by atoms with E-state index in [1.807, 2.05) is 6.07 Å². The molecule has 0 fully saturated rings. The number of hydrogen-bond acceptors (Lipinski definition) is 8. The summed E-state index contributed by atoms with van der Waals surface area (Å²) in [7, 11) is -3.85. The Morgan fingerprint density at radius 2 is 1.85 bits per heavy atom. The summed E-state index contributed by atoms with van der Waals surface area (Å²) < 4.78 is 27.2. The first kappa shape index (κ1) is 22.7. The Balaban J connectivity index is 1.37. The second-order valence-electron chi connectivity index (χ2n) is 7.30. The molecule has 9 nitrogen and oxygen atoms in total. The van der Waals surface area contributed by atoms with Crippen LogP contribution in [0.3, 0.4) is 0 Å². The molecule has 0 bridgehead atoms. The van der Waals surface area contributed by atoms with Gasteiger partial charge in [-0.2, -0.15) is 5.26 Å². The van der Waals surface area contributed by atoms with E-state index in [1.165, 1.54) is 48.4 Å². The van der Waals surface area contributed by atoms with Crippen molar-refractivity contribution in [2.24, 2.45) is 0 Å². The summed E-state index contributed by atoms with van der Waals surface area (Å²) >= 11 is 1.22. The average Bonchev–Trinajstić information content (AvgIpc) is 2.83. The fraction of sp³-hybridized carbons (Fsp3) is 0.227. The number of thioether (sulfide) groups is 1. The van der Waals surface area contributed by atoms with E-state index in [0.717, 1.165) is 36.9 Å². The zero-order valence-corrected chi connectivity index (χ0v) is 19.1. The van der Waals surface area contributed by atoms with Gasteiger partial charge in [-0.1, -0.05) is 11.8 Å². The third-order valence-electron chi connectivity index (χ3n) is 4.97. The lowest BCUT2D eigenvalue weighted by Crippen LogP contribution is -2.16. The highest BCUT2D eigenvalue weighted by Crippen LogP contribution is 2.27. The van der Waals surface area contributed by atoms with Crippen LogP contribution in [0.25, 0.3) is 0 Å². The lowest BCUT2D eigenvalue weighted by atomic mass is 9.95. The SMILES string of the molecule is N#Cc1cc2c(nc1SCC(=O)Nc1ccc(S(=O)(=O)Nc3ncccn3)cc1)CCCC2. The number of nitrogens with one attached hydrogen (secondary N) is 2. The lowest BCUT2D eigenvalue weighted by Gasteiger charge is -2.16. The van der Waals surface area contributed by atoms with E-state index >= 15 is 0 Å². The van der Waals surface area contributed by atoms with E-state index < -0.39 is 10.0 Å². The summed E-state index contributed by atoms with van der Waals surface area (Å²) in [6.07, 6.45) is 6.87. The predicted molar refractivity (Wildman–Crippen MR) is 124 cm³/mol. The number of fused-ring (bicyclic) bond motifs is 1. The topological polar surface area (TPSA) is 138 Å². The summed E-state index contributed by atoms with van der Waals surface area (Å²) in [4.78, 5) is 24.7. The van der Waals surface area contributed by atoms with Crippen LogP contribution in [0, 0.1) is 11.3 Å². The van der Waals surface area contributed by atoms with E-state index in [4.69, 9.17) is 0 Å². The molecule has 0 saturated heterocycles. The molecule has 2 N–H and O–H groups in total. The molecule has 168 valence electrons. The van der Waals surface area contributed by atoms with Crippen molar-refractivity contribution in [3.05, 3.63) is 65.6 Å². The fourth-order valence-electron chi connectivity index (χ4n) is 3.38. The van der Waals surface area contributed by atoms with Crippen LogP contribution >= 0.6 is 11.8 Å². The molecule has 0 radical (unpaired) electrons. The zero-order chi connectivity index (χ0) is 23.3. The number of nitrogens with zero attached hydrogens (tertiary/aromatic N) is 4. The minimum absolute atomic E-state index is 0.0132. The molecular weight excluding hydrogens is 460 g/mol. The maximum absolute atomic E-state index is 12.4. The minimum atomic E-state index is -3.85. The molecule has 2 aromatic heterocycles. The summed E-state index contributed by atoms with van der Waals surface area (Å²) in [5.41, 5.74) is 3.07. The molecule has 3 aromatic rings. The van der Waals surface area contributed by atoms with E-state index in [0.29, 0.717) is 16.3 Å². The first-order chi connectivity index (χ1) is 15.9. The second kappa shape index (κ2) is 9.97. The van der Waals surface area contributed by atoms with Crippen LogP contribution < -0.4 is 10.0 Å². The average molecular weight is 481 g/mol. The number of amides is 1. The Hall–Kier alpha value is -3.49. The van der Waals surface area contributed by atoms with Gasteiger partial charge in [0.05, 0.1) is 16.2 Å². The largest absolute Gasteiger partial charge is 0.325 e. The van der Waals surface area contributed by atoms with E-state index in [-0.39, 0.29) is 22.5 Å². The maximum Gasteiger partial charge on any atom is 0.264 e. The van der Waals surface area contributed by atoms with Crippen molar-refractivity contribution in [3.63, 3.8) is 0 Å². The highest BCUT2D eigenvalue weighted by Gasteiger charge is 2.17. The van der Waals surface area contributed by atoms with Crippen LogP contribution in [0.5, 0.6) is 0 Å². The van der Waals surface area contributed by atoms with E-state index in [2.05, 4.69) is 31.1 Å².